The lowest BCUT2D eigenvalue weighted by Gasteiger charge is -2.03. The molecule has 1 saturated carbocycles. The van der Waals surface area contributed by atoms with Crippen LogP contribution in [0.4, 0.5) is 0 Å². The zero-order chi connectivity index (χ0) is 14.1. The number of hydrogen-bond donors (Lipinski definition) is 0. The third-order valence-corrected chi connectivity index (χ3v) is 4.01. The summed E-state index contributed by atoms with van der Waals surface area (Å²) in [5, 5.41) is 0. The van der Waals surface area contributed by atoms with E-state index in [0.717, 1.165) is 17.7 Å². The van der Waals surface area contributed by atoms with Crippen molar-refractivity contribution in [1.29, 1.82) is 0 Å². The summed E-state index contributed by atoms with van der Waals surface area (Å²) in [6.45, 7) is 2.08. The minimum Gasteiger partial charge on any atom is -0.497 e. The van der Waals surface area contributed by atoms with Crippen LogP contribution in [0.3, 0.4) is 0 Å². The van der Waals surface area contributed by atoms with Crippen molar-refractivity contribution >= 4 is 5.78 Å². The van der Waals surface area contributed by atoms with Crippen LogP contribution >= 0.6 is 0 Å². The van der Waals surface area contributed by atoms with E-state index in [0.29, 0.717) is 5.92 Å². The van der Waals surface area contributed by atoms with Gasteiger partial charge in [0.15, 0.2) is 5.78 Å². The molecule has 2 aromatic rings. The van der Waals surface area contributed by atoms with E-state index in [2.05, 4.69) is 31.2 Å². The van der Waals surface area contributed by atoms with Gasteiger partial charge in [0, 0.05) is 11.5 Å². The summed E-state index contributed by atoms with van der Waals surface area (Å²) in [5.74, 6) is 1.57. The molecule has 0 amide bonds. The zero-order valence-electron chi connectivity index (χ0n) is 11.8. The van der Waals surface area contributed by atoms with E-state index in [1.54, 1.807) is 7.11 Å². The molecule has 2 aromatic carbocycles. The average molecular weight is 266 g/mol. The van der Waals surface area contributed by atoms with Crippen LogP contribution in [0.15, 0.2) is 48.5 Å². The molecular formula is C18H18O2. The number of hydrogen-bond acceptors (Lipinski definition) is 2. The summed E-state index contributed by atoms with van der Waals surface area (Å²) in [6.07, 6.45) is 0.966. The predicted molar refractivity (Wildman–Crippen MR) is 79.4 cm³/mol. The Morgan fingerprint density at radius 1 is 1.05 bits per heavy atom. The summed E-state index contributed by atoms with van der Waals surface area (Å²) >= 11 is 0. The van der Waals surface area contributed by atoms with E-state index >= 15 is 0 Å². The van der Waals surface area contributed by atoms with E-state index in [1.165, 1.54) is 11.1 Å². The van der Waals surface area contributed by atoms with Crippen LogP contribution in [0.2, 0.25) is 0 Å². The number of carbonyl (C=O) groups is 1. The van der Waals surface area contributed by atoms with Gasteiger partial charge in [-0.1, -0.05) is 29.8 Å². The van der Waals surface area contributed by atoms with Gasteiger partial charge >= 0.3 is 0 Å². The molecule has 0 bridgehead atoms. The van der Waals surface area contributed by atoms with Crippen LogP contribution in [0.5, 0.6) is 5.75 Å². The highest BCUT2D eigenvalue weighted by atomic mass is 16.5. The van der Waals surface area contributed by atoms with Gasteiger partial charge in [-0.2, -0.15) is 0 Å². The molecule has 20 heavy (non-hydrogen) atoms. The number of benzene rings is 2. The third-order valence-electron chi connectivity index (χ3n) is 4.01. The van der Waals surface area contributed by atoms with Crippen molar-refractivity contribution in [3.05, 3.63) is 65.2 Å². The minimum atomic E-state index is 0.145. The topological polar surface area (TPSA) is 26.3 Å². The Kier molecular flexibility index (Phi) is 3.31. The molecular weight excluding hydrogens is 248 g/mol. The molecule has 2 heteroatoms. The van der Waals surface area contributed by atoms with Crippen molar-refractivity contribution < 1.29 is 9.53 Å². The molecule has 1 fully saturated rings. The van der Waals surface area contributed by atoms with Gasteiger partial charge in [-0.3, -0.25) is 4.79 Å². The first-order chi connectivity index (χ1) is 9.69. The minimum absolute atomic E-state index is 0.145. The average Bonchev–Trinajstić information content (AvgIpc) is 3.28. The molecule has 0 aliphatic heterocycles. The number of Topliss-reactive ketones (excluding diaryl/α,β-unsaturated/α-hetero) is 1. The normalized spacial score (nSPS) is 20.5. The highest BCUT2D eigenvalue weighted by molar-refractivity contribution is 6.00. The summed E-state index contributed by atoms with van der Waals surface area (Å²) in [6, 6.07) is 15.9. The molecule has 3 rings (SSSR count). The van der Waals surface area contributed by atoms with Crippen molar-refractivity contribution in [2.45, 2.75) is 19.3 Å². The fourth-order valence-electron chi connectivity index (χ4n) is 2.64. The number of methoxy groups -OCH3 is 1. The molecule has 2 nitrogen and oxygen atoms in total. The summed E-state index contributed by atoms with van der Waals surface area (Å²) < 4.78 is 5.12. The van der Waals surface area contributed by atoms with E-state index in [9.17, 15) is 4.79 Å². The predicted octanol–water partition coefficient (Wildman–Crippen LogP) is 3.99. The van der Waals surface area contributed by atoms with Gasteiger partial charge in [-0.25, -0.2) is 0 Å². The van der Waals surface area contributed by atoms with E-state index in [1.807, 2.05) is 24.3 Å². The number of ketones is 1. The van der Waals surface area contributed by atoms with Gasteiger partial charge in [0.2, 0.25) is 0 Å². The second kappa shape index (κ2) is 5.12. The first-order valence-corrected chi connectivity index (χ1v) is 6.94. The standard InChI is InChI=1S/C18H18O2/c1-12-3-5-13(6-4-12)16-11-17(16)18(19)14-7-9-15(20-2)10-8-14/h3-10,16-17H,11H2,1-2H3. The van der Waals surface area contributed by atoms with Gasteiger partial charge in [0.05, 0.1) is 7.11 Å². The van der Waals surface area contributed by atoms with Crippen molar-refractivity contribution in [2.24, 2.45) is 5.92 Å². The molecule has 1 aliphatic rings. The SMILES string of the molecule is COc1ccc(C(=O)C2CC2c2ccc(C)cc2)cc1. The fraction of sp³-hybridized carbons (Fsp3) is 0.278. The number of ether oxygens (including phenoxy) is 1. The largest absolute Gasteiger partial charge is 0.497 e. The Bertz CT molecular complexity index is 611. The van der Waals surface area contributed by atoms with Crippen LogP contribution in [0, 0.1) is 12.8 Å². The molecule has 2 atom stereocenters. The molecule has 0 saturated heterocycles. The third kappa shape index (κ3) is 2.46. The molecule has 1 aliphatic carbocycles. The first-order valence-electron chi connectivity index (χ1n) is 6.94. The highest BCUT2D eigenvalue weighted by Crippen LogP contribution is 2.49. The molecule has 0 heterocycles. The Morgan fingerprint density at radius 3 is 2.30 bits per heavy atom. The van der Waals surface area contributed by atoms with Crippen LogP contribution < -0.4 is 4.74 Å². The van der Waals surface area contributed by atoms with Crippen LogP contribution in [0.1, 0.15) is 33.8 Å². The van der Waals surface area contributed by atoms with Crippen molar-refractivity contribution in [1.82, 2.24) is 0 Å². The van der Waals surface area contributed by atoms with Crippen molar-refractivity contribution in [3.63, 3.8) is 0 Å². The summed E-state index contributed by atoms with van der Waals surface area (Å²) in [5.41, 5.74) is 3.32. The van der Waals surface area contributed by atoms with Crippen molar-refractivity contribution in [3.8, 4) is 5.75 Å². The molecule has 0 spiro atoms. The monoisotopic (exact) mass is 266 g/mol. The number of aryl methyl sites for hydroxylation is 1. The van der Waals surface area contributed by atoms with Crippen LogP contribution in [-0.2, 0) is 0 Å². The molecule has 0 N–H and O–H groups in total. The Balaban J connectivity index is 1.71. The Hall–Kier alpha value is -2.09. The van der Waals surface area contributed by atoms with Crippen LogP contribution in [0.25, 0.3) is 0 Å². The molecule has 0 aromatic heterocycles. The molecule has 0 radical (unpaired) electrons. The van der Waals surface area contributed by atoms with Gasteiger partial charge < -0.3 is 4.74 Å². The lowest BCUT2D eigenvalue weighted by Crippen LogP contribution is -2.03. The summed E-state index contributed by atoms with van der Waals surface area (Å²) in [4.78, 5) is 12.4. The lowest BCUT2D eigenvalue weighted by molar-refractivity contribution is 0.0965. The lowest BCUT2D eigenvalue weighted by atomic mass is 10.0. The van der Waals surface area contributed by atoms with E-state index in [-0.39, 0.29) is 11.7 Å². The maximum Gasteiger partial charge on any atom is 0.166 e. The van der Waals surface area contributed by atoms with Gasteiger partial charge in [0.25, 0.3) is 0 Å². The second-order valence-corrected chi connectivity index (χ2v) is 5.45. The summed E-state index contributed by atoms with van der Waals surface area (Å²) in [7, 11) is 1.63. The quantitative estimate of drug-likeness (QED) is 0.782. The first kappa shape index (κ1) is 12.9. The number of carbonyl (C=O) groups excluding carboxylic acids is 1. The van der Waals surface area contributed by atoms with Gasteiger partial charge in [-0.15, -0.1) is 0 Å². The van der Waals surface area contributed by atoms with Gasteiger partial charge in [0.1, 0.15) is 5.75 Å². The molecule has 2 unspecified atom stereocenters. The maximum atomic E-state index is 12.4. The smallest absolute Gasteiger partial charge is 0.166 e. The Labute approximate surface area is 119 Å². The fourth-order valence-corrected chi connectivity index (χ4v) is 2.64. The number of rotatable bonds is 4. The highest BCUT2D eigenvalue weighted by Gasteiger charge is 2.43. The Morgan fingerprint density at radius 2 is 1.70 bits per heavy atom. The second-order valence-electron chi connectivity index (χ2n) is 5.45. The van der Waals surface area contributed by atoms with Crippen molar-refractivity contribution in [2.75, 3.05) is 7.11 Å². The zero-order valence-corrected chi connectivity index (χ0v) is 11.8. The van der Waals surface area contributed by atoms with Crippen LogP contribution in [-0.4, -0.2) is 12.9 Å². The van der Waals surface area contributed by atoms with Gasteiger partial charge in [-0.05, 0) is 49.1 Å². The van der Waals surface area contributed by atoms with E-state index < -0.39 is 0 Å². The van der Waals surface area contributed by atoms with E-state index in [4.69, 9.17) is 4.74 Å². The molecule has 102 valence electrons. The maximum absolute atomic E-state index is 12.4.